The van der Waals surface area contributed by atoms with Crippen LogP contribution in [0, 0.1) is 11.3 Å². The number of benzene rings is 1. The van der Waals surface area contributed by atoms with Crippen LogP contribution in [0.2, 0.25) is 0 Å². The third-order valence-corrected chi connectivity index (χ3v) is 1.23. The lowest BCUT2D eigenvalue weighted by Crippen LogP contribution is -1.66. The second kappa shape index (κ2) is 5.49. The maximum absolute atomic E-state index is 8.29. The Morgan fingerprint density at radius 3 is 2.31 bits per heavy atom. The van der Waals surface area contributed by atoms with Gasteiger partial charge in [-0.1, -0.05) is 23.4 Å². The minimum atomic E-state index is 0.715. The molecule has 2 rings (SSSR count). The summed E-state index contributed by atoms with van der Waals surface area (Å²) in [5, 5.41) is 17.6. The molecule has 0 fully saturated rings. The van der Waals surface area contributed by atoms with Crippen LogP contribution in [0.15, 0.2) is 42.7 Å². The summed E-state index contributed by atoms with van der Waals surface area (Å²) in [6.45, 7) is 0. The first-order chi connectivity index (χ1) is 6.43. The summed E-state index contributed by atoms with van der Waals surface area (Å²) in [5.41, 5.74) is 0.715. The van der Waals surface area contributed by atoms with Gasteiger partial charge in [0, 0.05) is 6.20 Å². The van der Waals surface area contributed by atoms with Crippen LogP contribution < -0.4 is 0 Å². The Morgan fingerprint density at radius 2 is 2.00 bits per heavy atom. The second-order valence-electron chi connectivity index (χ2n) is 2.14. The van der Waals surface area contributed by atoms with Gasteiger partial charge in [0.15, 0.2) is 0 Å². The number of nitrogens with zero attached hydrogens (tertiary/aromatic N) is 3. The van der Waals surface area contributed by atoms with Crippen molar-refractivity contribution in [3.63, 3.8) is 0 Å². The predicted octanol–water partition coefficient (Wildman–Crippen LogP) is 1.36. The number of H-pyrrole nitrogens is 1. The second-order valence-corrected chi connectivity index (χ2v) is 2.14. The zero-order chi connectivity index (χ0) is 9.36. The van der Waals surface area contributed by atoms with Crippen LogP contribution >= 0.6 is 0 Å². The normalized spacial score (nSPS) is 7.92. The third kappa shape index (κ3) is 3.68. The van der Waals surface area contributed by atoms with Crippen LogP contribution in [0.3, 0.4) is 0 Å². The molecule has 0 bridgehead atoms. The molecule has 0 amide bonds. The lowest BCUT2D eigenvalue weighted by Gasteiger charge is -1.80. The van der Waals surface area contributed by atoms with E-state index in [-0.39, 0.29) is 0 Å². The summed E-state index contributed by atoms with van der Waals surface area (Å²) >= 11 is 0. The minimum Gasteiger partial charge on any atom is -0.266 e. The molecule has 4 nitrogen and oxygen atoms in total. The van der Waals surface area contributed by atoms with E-state index in [2.05, 4.69) is 15.4 Å². The molecular formula is C9H8N4. The maximum atomic E-state index is 8.29. The number of rotatable bonds is 0. The summed E-state index contributed by atoms with van der Waals surface area (Å²) in [7, 11) is 0. The molecular weight excluding hydrogens is 164 g/mol. The molecule has 4 heteroatoms. The molecule has 0 aliphatic carbocycles. The van der Waals surface area contributed by atoms with Gasteiger partial charge in [0.2, 0.25) is 0 Å². The zero-order valence-corrected chi connectivity index (χ0v) is 6.88. The lowest BCUT2D eigenvalue weighted by molar-refractivity contribution is 0.940. The van der Waals surface area contributed by atoms with Crippen molar-refractivity contribution < 1.29 is 0 Å². The van der Waals surface area contributed by atoms with Crippen molar-refractivity contribution in [2.24, 2.45) is 0 Å². The highest BCUT2D eigenvalue weighted by Gasteiger charge is 1.79. The summed E-state index contributed by atoms with van der Waals surface area (Å²) < 4.78 is 0. The van der Waals surface area contributed by atoms with E-state index < -0.39 is 0 Å². The highest BCUT2D eigenvalue weighted by molar-refractivity contribution is 5.27. The molecule has 0 atom stereocenters. The number of aromatic nitrogens is 3. The molecule has 0 saturated carbocycles. The van der Waals surface area contributed by atoms with Crippen molar-refractivity contribution in [2.75, 3.05) is 0 Å². The Labute approximate surface area is 75.8 Å². The Morgan fingerprint density at radius 1 is 1.23 bits per heavy atom. The summed E-state index contributed by atoms with van der Waals surface area (Å²) in [6.07, 6.45) is 3.24. The van der Waals surface area contributed by atoms with E-state index in [4.69, 9.17) is 5.26 Å². The van der Waals surface area contributed by atoms with Crippen LogP contribution in [0.1, 0.15) is 5.56 Å². The lowest BCUT2D eigenvalue weighted by atomic mass is 10.2. The molecule has 0 radical (unpaired) electrons. The zero-order valence-electron chi connectivity index (χ0n) is 6.88. The first-order valence-corrected chi connectivity index (χ1v) is 3.69. The number of aromatic amines is 1. The molecule has 0 aliphatic heterocycles. The van der Waals surface area contributed by atoms with E-state index in [1.165, 1.54) is 0 Å². The SMILES string of the molecule is N#Cc1ccccc1.c1c[nH]nn1. The largest absolute Gasteiger partial charge is 0.266 e. The molecule has 1 N–H and O–H groups in total. The molecule has 1 heterocycles. The highest BCUT2D eigenvalue weighted by atomic mass is 15.3. The fourth-order valence-electron chi connectivity index (χ4n) is 0.679. The summed E-state index contributed by atoms with van der Waals surface area (Å²) in [4.78, 5) is 0. The van der Waals surface area contributed by atoms with Crippen molar-refractivity contribution in [1.82, 2.24) is 15.4 Å². The monoisotopic (exact) mass is 172 g/mol. The van der Waals surface area contributed by atoms with E-state index in [1.54, 1.807) is 24.5 Å². The number of hydrogen-bond acceptors (Lipinski definition) is 3. The molecule has 64 valence electrons. The fraction of sp³-hybridized carbons (Fsp3) is 0. The smallest absolute Gasteiger partial charge is 0.0991 e. The van der Waals surface area contributed by atoms with Crippen LogP contribution in [-0.4, -0.2) is 15.4 Å². The van der Waals surface area contributed by atoms with Gasteiger partial charge in [0.25, 0.3) is 0 Å². The van der Waals surface area contributed by atoms with Gasteiger partial charge < -0.3 is 0 Å². The fourth-order valence-corrected chi connectivity index (χ4v) is 0.679. The van der Waals surface area contributed by atoms with Crippen molar-refractivity contribution in [2.45, 2.75) is 0 Å². The number of nitriles is 1. The van der Waals surface area contributed by atoms with E-state index in [1.807, 2.05) is 24.3 Å². The molecule has 0 unspecified atom stereocenters. The van der Waals surface area contributed by atoms with Gasteiger partial charge in [-0.25, -0.2) is 0 Å². The summed E-state index contributed by atoms with van der Waals surface area (Å²) in [6, 6.07) is 11.2. The van der Waals surface area contributed by atoms with Crippen LogP contribution in [0.25, 0.3) is 0 Å². The predicted molar refractivity (Wildman–Crippen MR) is 47.5 cm³/mol. The van der Waals surface area contributed by atoms with E-state index in [9.17, 15) is 0 Å². The maximum Gasteiger partial charge on any atom is 0.0991 e. The quantitative estimate of drug-likeness (QED) is 0.652. The van der Waals surface area contributed by atoms with Crippen LogP contribution in [0.5, 0.6) is 0 Å². The van der Waals surface area contributed by atoms with Gasteiger partial charge >= 0.3 is 0 Å². The number of hydrogen-bond donors (Lipinski definition) is 1. The van der Waals surface area contributed by atoms with Gasteiger partial charge in [-0.3, -0.25) is 5.10 Å². The van der Waals surface area contributed by atoms with Crippen molar-refractivity contribution >= 4 is 0 Å². The highest BCUT2D eigenvalue weighted by Crippen LogP contribution is 1.93. The van der Waals surface area contributed by atoms with Crippen LogP contribution in [0.4, 0.5) is 0 Å². The minimum absolute atomic E-state index is 0.715. The van der Waals surface area contributed by atoms with Crippen molar-refractivity contribution in [3.05, 3.63) is 48.3 Å². The molecule has 2 aromatic rings. The molecule has 0 aliphatic rings. The van der Waals surface area contributed by atoms with Crippen molar-refractivity contribution in [3.8, 4) is 6.07 Å². The first-order valence-electron chi connectivity index (χ1n) is 3.69. The summed E-state index contributed by atoms with van der Waals surface area (Å²) in [5.74, 6) is 0. The number of nitrogens with one attached hydrogen (secondary N) is 1. The average molecular weight is 172 g/mol. The first kappa shape index (κ1) is 8.94. The molecule has 13 heavy (non-hydrogen) atoms. The van der Waals surface area contributed by atoms with Gasteiger partial charge in [0.05, 0.1) is 17.8 Å². The molecule has 0 saturated heterocycles. The molecule has 1 aromatic heterocycles. The van der Waals surface area contributed by atoms with Gasteiger partial charge in [-0.05, 0) is 12.1 Å². The van der Waals surface area contributed by atoms with E-state index >= 15 is 0 Å². The van der Waals surface area contributed by atoms with Crippen molar-refractivity contribution in [1.29, 1.82) is 5.26 Å². The van der Waals surface area contributed by atoms with E-state index in [0.717, 1.165) is 0 Å². The molecule has 0 spiro atoms. The Hall–Kier alpha value is -2.15. The topological polar surface area (TPSA) is 65.4 Å². The van der Waals surface area contributed by atoms with Gasteiger partial charge in [0.1, 0.15) is 0 Å². The average Bonchev–Trinajstić information content (AvgIpc) is 2.77. The van der Waals surface area contributed by atoms with Gasteiger partial charge in [-0.2, -0.15) is 5.26 Å². The Bertz CT molecular complexity index is 330. The Kier molecular flexibility index (Phi) is 3.78. The molecule has 1 aromatic carbocycles. The third-order valence-electron chi connectivity index (χ3n) is 1.23. The van der Waals surface area contributed by atoms with Gasteiger partial charge in [-0.15, -0.1) is 5.10 Å². The standard InChI is InChI=1S/C7H5N.C2H3N3/c8-6-7-4-2-1-3-5-7;1-2-4-5-3-1/h1-5H;1-2H,(H,3,4,5). The van der Waals surface area contributed by atoms with Crippen LogP contribution in [-0.2, 0) is 0 Å². The van der Waals surface area contributed by atoms with E-state index in [0.29, 0.717) is 5.56 Å². The Balaban J connectivity index is 0.000000145.